The highest BCUT2D eigenvalue weighted by Crippen LogP contribution is 2.12. The summed E-state index contributed by atoms with van der Waals surface area (Å²) in [5.74, 6) is 0.820. The maximum atomic E-state index is 4.40. The molecule has 92 valence electrons. The fraction of sp³-hybridized carbons (Fsp3) is 0.231. The van der Waals surface area contributed by atoms with Crippen LogP contribution < -0.4 is 5.32 Å². The minimum Gasteiger partial charge on any atom is -0.356 e. The van der Waals surface area contributed by atoms with Gasteiger partial charge in [-0.2, -0.15) is 5.10 Å². The molecule has 0 fully saturated rings. The number of anilines is 1. The van der Waals surface area contributed by atoms with Crippen LogP contribution in [0.15, 0.2) is 42.9 Å². The zero-order valence-electron chi connectivity index (χ0n) is 10.0. The van der Waals surface area contributed by atoms with Crippen LogP contribution in [0.3, 0.4) is 0 Å². The van der Waals surface area contributed by atoms with Crippen molar-refractivity contribution in [1.82, 2.24) is 19.7 Å². The zero-order valence-corrected chi connectivity index (χ0v) is 10.0. The van der Waals surface area contributed by atoms with Gasteiger partial charge in [-0.25, -0.2) is 4.98 Å². The average molecular weight is 241 g/mol. The SMILES string of the molecule is c1ccc2c(c1)cnn2CCCNc1ncc[nH]1. The van der Waals surface area contributed by atoms with E-state index >= 15 is 0 Å². The molecule has 1 aromatic carbocycles. The van der Waals surface area contributed by atoms with Gasteiger partial charge in [-0.05, 0) is 12.5 Å². The average Bonchev–Trinajstić information content (AvgIpc) is 3.04. The van der Waals surface area contributed by atoms with E-state index in [4.69, 9.17) is 0 Å². The van der Waals surface area contributed by atoms with Gasteiger partial charge >= 0.3 is 0 Å². The highest BCUT2D eigenvalue weighted by molar-refractivity contribution is 5.78. The molecular formula is C13H15N5. The molecule has 0 spiro atoms. The van der Waals surface area contributed by atoms with Crippen molar-refractivity contribution >= 4 is 16.9 Å². The Bertz CT molecular complexity index is 611. The van der Waals surface area contributed by atoms with Crippen LogP contribution in [0.2, 0.25) is 0 Å². The van der Waals surface area contributed by atoms with Crippen LogP contribution in [0.4, 0.5) is 5.95 Å². The van der Waals surface area contributed by atoms with Crippen molar-refractivity contribution in [3.63, 3.8) is 0 Å². The second-order valence-corrected chi connectivity index (χ2v) is 4.14. The van der Waals surface area contributed by atoms with Crippen LogP contribution in [0, 0.1) is 0 Å². The van der Waals surface area contributed by atoms with Crippen LogP contribution >= 0.6 is 0 Å². The van der Waals surface area contributed by atoms with Gasteiger partial charge in [-0.3, -0.25) is 4.68 Å². The second kappa shape index (κ2) is 4.91. The number of aryl methyl sites for hydroxylation is 1. The summed E-state index contributed by atoms with van der Waals surface area (Å²) >= 11 is 0. The molecule has 3 rings (SSSR count). The number of fused-ring (bicyclic) bond motifs is 1. The Labute approximate surface area is 105 Å². The predicted molar refractivity (Wildman–Crippen MR) is 71.4 cm³/mol. The van der Waals surface area contributed by atoms with Gasteiger partial charge in [0.05, 0.1) is 11.7 Å². The maximum absolute atomic E-state index is 4.40. The summed E-state index contributed by atoms with van der Waals surface area (Å²) < 4.78 is 2.04. The number of hydrogen-bond acceptors (Lipinski definition) is 3. The molecule has 0 aliphatic heterocycles. The van der Waals surface area contributed by atoms with Gasteiger partial charge in [-0.1, -0.05) is 18.2 Å². The van der Waals surface area contributed by atoms with E-state index in [1.165, 1.54) is 10.9 Å². The Balaban J connectivity index is 1.57. The van der Waals surface area contributed by atoms with E-state index in [0.29, 0.717) is 0 Å². The smallest absolute Gasteiger partial charge is 0.200 e. The summed E-state index contributed by atoms with van der Waals surface area (Å²) in [7, 11) is 0. The molecule has 0 bridgehead atoms. The third-order valence-electron chi connectivity index (χ3n) is 2.89. The summed E-state index contributed by atoms with van der Waals surface area (Å²) in [6.07, 6.45) is 6.47. The third-order valence-corrected chi connectivity index (χ3v) is 2.89. The number of H-pyrrole nitrogens is 1. The molecule has 0 unspecified atom stereocenters. The molecule has 18 heavy (non-hydrogen) atoms. The van der Waals surface area contributed by atoms with Gasteiger partial charge in [0.25, 0.3) is 0 Å². The molecule has 2 aromatic heterocycles. The Morgan fingerprint density at radius 1 is 1.28 bits per heavy atom. The molecule has 5 heteroatoms. The number of hydrogen-bond donors (Lipinski definition) is 2. The van der Waals surface area contributed by atoms with Crippen LogP contribution in [0.1, 0.15) is 6.42 Å². The lowest BCUT2D eigenvalue weighted by atomic mass is 10.2. The maximum Gasteiger partial charge on any atom is 0.200 e. The Hall–Kier alpha value is -2.30. The van der Waals surface area contributed by atoms with Crippen molar-refractivity contribution in [2.75, 3.05) is 11.9 Å². The Morgan fingerprint density at radius 2 is 2.22 bits per heavy atom. The molecule has 2 N–H and O–H groups in total. The molecular weight excluding hydrogens is 226 g/mol. The lowest BCUT2D eigenvalue weighted by Crippen LogP contribution is -2.08. The Morgan fingerprint density at radius 3 is 3.11 bits per heavy atom. The summed E-state index contributed by atoms with van der Waals surface area (Å²) in [5.41, 5.74) is 1.19. The molecule has 0 saturated heterocycles. The van der Waals surface area contributed by atoms with Crippen LogP contribution in [0.5, 0.6) is 0 Å². The quantitative estimate of drug-likeness (QED) is 0.674. The molecule has 0 saturated carbocycles. The number of nitrogens with one attached hydrogen (secondary N) is 2. The van der Waals surface area contributed by atoms with E-state index in [1.54, 1.807) is 6.20 Å². The summed E-state index contributed by atoms with van der Waals surface area (Å²) in [4.78, 5) is 7.13. The number of imidazole rings is 1. The van der Waals surface area contributed by atoms with Crippen molar-refractivity contribution in [1.29, 1.82) is 0 Å². The van der Waals surface area contributed by atoms with Crippen molar-refractivity contribution in [2.24, 2.45) is 0 Å². The van der Waals surface area contributed by atoms with E-state index in [0.717, 1.165) is 25.5 Å². The van der Waals surface area contributed by atoms with E-state index in [-0.39, 0.29) is 0 Å². The molecule has 0 atom stereocenters. The third kappa shape index (κ3) is 2.20. The molecule has 0 aliphatic rings. The minimum absolute atomic E-state index is 0.820. The number of aromatic nitrogens is 4. The predicted octanol–water partition coefficient (Wildman–Crippen LogP) is 2.26. The first kappa shape index (κ1) is 10.8. The second-order valence-electron chi connectivity index (χ2n) is 4.14. The molecule has 5 nitrogen and oxygen atoms in total. The zero-order chi connectivity index (χ0) is 12.2. The lowest BCUT2D eigenvalue weighted by Gasteiger charge is -2.04. The lowest BCUT2D eigenvalue weighted by molar-refractivity contribution is 0.609. The van der Waals surface area contributed by atoms with E-state index < -0.39 is 0 Å². The van der Waals surface area contributed by atoms with Gasteiger partial charge in [-0.15, -0.1) is 0 Å². The van der Waals surface area contributed by atoms with Crippen molar-refractivity contribution < 1.29 is 0 Å². The molecule has 0 radical (unpaired) electrons. The fourth-order valence-electron chi connectivity index (χ4n) is 2.00. The van der Waals surface area contributed by atoms with Gasteiger partial charge in [0.2, 0.25) is 0 Å². The van der Waals surface area contributed by atoms with E-state index in [2.05, 4.69) is 32.5 Å². The first-order valence-corrected chi connectivity index (χ1v) is 6.07. The highest BCUT2D eigenvalue weighted by Gasteiger charge is 2.00. The van der Waals surface area contributed by atoms with Gasteiger partial charge in [0, 0.05) is 30.9 Å². The van der Waals surface area contributed by atoms with Crippen molar-refractivity contribution in [2.45, 2.75) is 13.0 Å². The number of nitrogens with zero attached hydrogens (tertiary/aromatic N) is 3. The van der Waals surface area contributed by atoms with E-state index in [1.807, 2.05) is 29.2 Å². The number of aromatic amines is 1. The minimum atomic E-state index is 0.820. The van der Waals surface area contributed by atoms with Crippen molar-refractivity contribution in [3.8, 4) is 0 Å². The monoisotopic (exact) mass is 241 g/mol. The van der Waals surface area contributed by atoms with Crippen molar-refractivity contribution in [3.05, 3.63) is 42.9 Å². The fourth-order valence-corrected chi connectivity index (χ4v) is 2.00. The Kier molecular flexibility index (Phi) is 2.96. The first-order chi connectivity index (χ1) is 8.93. The highest BCUT2D eigenvalue weighted by atomic mass is 15.3. The van der Waals surface area contributed by atoms with Gasteiger partial charge in [0.15, 0.2) is 5.95 Å². The molecule has 0 amide bonds. The van der Waals surface area contributed by atoms with Crippen LogP contribution in [-0.4, -0.2) is 26.3 Å². The molecule has 2 heterocycles. The van der Waals surface area contributed by atoms with E-state index in [9.17, 15) is 0 Å². The van der Waals surface area contributed by atoms with Crippen LogP contribution in [0.25, 0.3) is 10.9 Å². The summed E-state index contributed by atoms with van der Waals surface area (Å²) in [6.45, 7) is 1.78. The molecule has 0 aliphatic carbocycles. The van der Waals surface area contributed by atoms with Gasteiger partial charge < -0.3 is 10.3 Å². The number of rotatable bonds is 5. The topological polar surface area (TPSA) is 58.5 Å². The standard InChI is InChI=1S/C13H15N5/c1-2-5-12-11(4-1)10-17-18(12)9-3-6-14-13-15-7-8-16-13/h1-2,4-5,7-8,10H,3,6,9H2,(H2,14,15,16). The number of para-hydroxylation sites is 1. The molecule has 3 aromatic rings. The largest absolute Gasteiger partial charge is 0.356 e. The van der Waals surface area contributed by atoms with Crippen LogP contribution in [-0.2, 0) is 6.54 Å². The summed E-state index contributed by atoms with van der Waals surface area (Å²) in [6, 6.07) is 8.26. The number of benzene rings is 1. The normalized spacial score (nSPS) is 10.9. The summed E-state index contributed by atoms with van der Waals surface area (Å²) in [5, 5.41) is 8.81. The van der Waals surface area contributed by atoms with Gasteiger partial charge in [0.1, 0.15) is 0 Å². The first-order valence-electron chi connectivity index (χ1n) is 6.07.